The zero-order valence-corrected chi connectivity index (χ0v) is 18.0. The first kappa shape index (κ1) is 20.6. The van der Waals surface area contributed by atoms with E-state index in [1.807, 2.05) is 4.68 Å². The average molecular weight is 423 g/mol. The van der Waals surface area contributed by atoms with Gasteiger partial charge >= 0.3 is 0 Å². The second kappa shape index (κ2) is 7.57. The molecule has 0 aliphatic carbocycles. The molecule has 1 N–H and O–H groups in total. The maximum atomic E-state index is 13.2. The van der Waals surface area contributed by atoms with E-state index in [4.69, 9.17) is 4.74 Å². The van der Waals surface area contributed by atoms with E-state index in [1.54, 1.807) is 35.4 Å². The van der Waals surface area contributed by atoms with Crippen molar-refractivity contribution >= 4 is 5.91 Å². The summed E-state index contributed by atoms with van der Waals surface area (Å²) in [7, 11) is 1.49. The van der Waals surface area contributed by atoms with Crippen LogP contribution in [0.15, 0.2) is 41.3 Å². The van der Waals surface area contributed by atoms with E-state index in [9.17, 15) is 14.7 Å². The zero-order valence-electron chi connectivity index (χ0n) is 18.0. The van der Waals surface area contributed by atoms with Crippen LogP contribution in [0.2, 0.25) is 0 Å². The van der Waals surface area contributed by atoms with Gasteiger partial charge in [0.05, 0.1) is 18.8 Å². The molecule has 0 radical (unpaired) electrons. The van der Waals surface area contributed by atoms with E-state index >= 15 is 0 Å². The van der Waals surface area contributed by atoms with Crippen LogP contribution >= 0.6 is 0 Å². The van der Waals surface area contributed by atoms with Gasteiger partial charge in [0, 0.05) is 36.8 Å². The highest BCUT2D eigenvalue weighted by Crippen LogP contribution is 2.27. The zero-order chi connectivity index (χ0) is 22.3. The molecule has 0 atom stereocenters. The van der Waals surface area contributed by atoms with Crippen molar-refractivity contribution in [2.24, 2.45) is 0 Å². The van der Waals surface area contributed by atoms with E-state index in [0.29, 0.717) is 30.9 Å². The number of nitrogens with zero attached hydrogens (tertiary/aromatic N) is 5. The molecule has 3 aromatic rings. The van der Waals surface area contributed by atoms with Gasteiger partial charge in [0.2, 0.25) is 0 Å². The Bertz CT molecular complexity index is 1210. The summed E-state index contributed by atoms with van der Waals surface area (Å²) in [6.07, 6.45) is 2.42. The second-order valence-electron chi connectivity index (χ2n) is 8.48. The van der Waals surface area contributed by atoms with Crippen molar-refractivity contribution in [1.29, 1.82) is 0 Å². The lowest BCUT2D eigenvalue weighted by Crippen LogP contribution is -2.38. The quantitative estimate of drug-likeness (QED) is 0.692. The fraction of sp³-hybridized carbons (Fsp3) is 0.364. The Morgan fingerprint density at radius 2 is 1.97 bits per heavy atom. The molecule has 162 valence electrons. The maximum Gasteiger partial charge on any atom is 0.278 e. The number of amides is 1. The molecule has 9 heteroatoms. The van der Waals surface area contributed by atoms with E-state index in [1.165, 1.54) is 7.11 Å². The Balaban J connectivity index is 1.68. The predicted molar refractivity (Wildman–Crippen MR) is 114 cm³/mol. The largest absolute Gasteiger partial charge is 0.505 e. The standard InChI is InChI=1S/C22H25N5O4/c1-22(2,3)27-15-9-10-25(13-14(15)12-23-27)21(30)20-17(28)11-19(29)26(24-20)16-7-5-6-8-18(16)31-4/h5-8,11-12,28H,9-10,13H2,1-4H3. The van der Waals surface area contributed by atoms with Gasteiger partial charge in [-0.05, 0) is 32.9 Å². The van der Waals surface area contributed by atoms with E-state index in [2.05, 4.69) is 31.0 Å². The van der Waals surface area contributed by atoms with Crippen LogP contribution in [0, 0.1) is 0 Å². The van der Waals surface area contributed by atoms with Crippen molar-refractivity contribution in [3.8, 4) is 17.2 Å². The Labute approximate surface area is 179 Å². The lowest BCUT2D eigenvalue weighted by molar-refractivity contribution is 0.0720. The topological polar surface area (TPSA) is 102 Å². The molecule has 0 saturated heterocycles. The number of para-hydroxylation sites is 2. The summed E-state index contributed by atoms with van der Waals surface area (Å²) in [5.74, 6) is -0.467. The molecule has 1 aliphatic heterocycles. The van der Waals surface area contributed by atoms with E-state index in [-0.39, 0.29) is 11.2 Å². The molecule has 3 heterocycles. The van der Waals surface area contributed by atoms with Crippen LogP contribution in [0.1, 0.15) is 42.5 Å². The number of hydrogen-bond acceptors (Lipinski definition) is 6. The summed E-state index contributed by atoms with van der Waals surface area (Å²) in [6, 6.07) is 7.85. The summed E-state index contributed by atoms with van der Waals surface area (Å²) in [5, 5.41) is 19.0. The van der Waals surface area contributed by atoms with Crippen molar-refractivity contribution in [3.63, 3.8) is 0 Å². The summed E-state index contributed by atoms with van der Waals surface area (Å²) in [5.41, 5.74) is 1.56. The Kier molecular flexibility index (Phi) is 5.04. The van der Waals surface area contributed by atoms with Gasteiger partial charge in [0.25, 0.3) is 11.5 Å². The third-order valence-electron chi connectivity index (χ3n) is 5.29. The number of aromatic nitrogens is 4. The highest BCUT2D eigenvalue weighted by atomic mass is 16.5. The van der Waals surface area contributed by atoms with Crippen molar-refractivity contribution in [1.82, 2.24) is 24.5 Å². The molecule has 0 spiro atoms. The van der Waals surface area contributed by atoms with Crippen molar-refractivity contribution in [2.45, 2.75) is 39.3 Å². The second-order valence-corrected chi connectivity index (χ2v) is 8.48. The highest BCUT2D eigenvalue weighted by Gasteiger charge is 2.30. The first-order chi connectivity index (χ1) is 14.7. The van der Waals surface area contributed by atoms with Crippen molar-refractivity contribution in [3.05, 3.63) is 63.8 Å². The van der Waals surface area contributed by atoms with Crippen LogP contribution in [-0.4, -0.2) is 49.1 Å². The Morgan fingerprint density at radius 1 is 1.23 bits per heavy atom. The summed E-state index contributed by atoms with van der Waals surface area (Å²) < 4.78 is 8.36. The smallest absolute Gasteiger partial charge is 0.278 e. The van der Waals surface area contributed by atoms with Crippen LogP contribution in [-0.2, 0) is 18.5 Å². The van der Waals surface area contributed by atoms with Gasteiger partial charge < -0.3 is 14.7 Å². The third-order valence-corrected chi connectivity index (χ3v) is 5.29. The lowest BCUT2D eigenvalue weighted by Gasteiger charge is -2.30. The van der Waals surface area contributed by atoms with Gasteiger partial charge in [-0.3, -0.25) is 14.3 Å². The number of methoxy groups -OCH3 is 1. The van der Waals surface area contributed by atoms with Crippen LogP contribution < -0.4 is 10.3 Å². The summed E-state index contributed by atoms with van der Waals surface area (Å²) in [4.78, 5) is 27.3. The van der Waals surface area contributed by atoms with Gasteiger partial charge in [-0.15, -0.1) is 0 Å². The number of benzene rings is 1. The van der Waals surface area contributed by atoms with Crippen LogP contribution in [0.5, 0.6) is 11.5 Å². The van der Waals surface area contributed by atoms with Gasteiger partial charge in [-0.1, -0.05) is 12.1 Å². The third kappa shape index (κ3) is 3.67. The van der Waals surface area contributed by atoms with Gasteiger partial charge in [0.1, 0.15) is 11.4 Å². The fourth-order valence-electron chi connectivity index (χ4n) is 3.81. The normalized spacial score (nSPS) is 13.7. The molecule has 31 heavy (non-hydrogen) atoms. The number of ether oxygens (including phenoxy) is 1. The molecule has 0 saturated carbocycles. The molecule has 9 nitrogen and oxygen atoms in total. The Hall–Kier alpha value is -3.62. The SMILES string of the molecule is COc1ccccc1-n1nc(C(=O)N2CCc3c(cnn3C(C)(C)C)C2)c(O)cc1=O. The molecule has 0 fully saturated rings. The molecule has 1 aromatic carbocycles. The molecular weight excluding hydrogens is 398 g/mol. The van der Waals surface area contributed by atoms with Gasteiger partial charge in [0.15, 0.2) is 11.4 Å². The summed E-state index contributed by atoms with van der Waals surface area (Å²) in [6.45, 7) is 7.07. The first-order valence-corrected chi connectivity index (χ1v) is 10.0. The van der Waals surface area contributed by atoms with Crippen molar-refractivity contribution < 1.29 is 14.6 Å². The number of carbonyl (C=O) groups excluding carboxylic acids is 1. The monoisotopic (exact) mass is 423 g/mol. The van der Waals surface area contributed by atoms with Crippen LogP contribution in [0.4, 0.5) is 0 Å². The molecule has 4 rings (SSSR count). The number of fused-ring (bicyclic) bond motifs is 1. The van der Waals surface area contributed by atoms with Gasteiger partial charge in [-0.2, -0.15) is 14.9 Å². The minimum Gasteiger partial charge on any atom is -0.505 e. The average Bonchev–Trinajstić information content (AvgIpc) is 3.17. The maximum absolute atomic E-state index is 13.2. The molecule has 1 aliphatic rings. The van der Waals surface area contributed by atoms with Crippen molar-refractivity contribution in [2.75, 3.05) is 13.7 Å². The van der Waals surface area contributed by atoms with Crippen LogP contribution in [0.3, 0.4) is 0 Å². The minimum atomic E-state index is -0.564. The highest BCUT2D eigenvalue weighted by molar-refractivity contribution is 5.94. The fourth-order valence-corrected chi connectivity index (χ4v) is 3.81. The minimum absolute atomic E-state index is 0.149. The number of aromatic hydroxyl groups is 1. The van der Waals surface area contributed by atoms with Crippen LogP contribution in [0.25, 0.3) is 5.69 Å². The predicted octanol–water partition coefficient (Wildman–Crippen LogP) is 2.10. The summed E-state index contributed by atoms with van der Waals surface area (Å²) >= 11 is 0. The van der Waals surface area contributed by atoms with Gasteiger partial charge in [-0.25, -0.2) is 0 Å². The van der Waals surface area contributed by atoms with E-state index in [0.717, 1.165) is 22.0 Å². The number of rotatable bonds is 3. The molecule has 0 bridgehead atoms. The number of hydrogen-bond donors (Lipinski definition) is 1. The molecule has 1 amide bonds. The number of carbonyl (C=O) groups is 1. The lowest BCUT2D eigenvalue weighted by atomic mass is 10.0. The molecule has 0 unspecified atom stereocenters. The Morgan fingerprint density at radius 3 is 2.68 bits per heavy atom. The molecule has 2 aromatic heterocycles. The first-order valence-electron chi connectivity index (χ1n) is 10.0. The molecular formula is C22H25N5O4. The van der Waals surface area contributed by atoms with E-state index < -0.39 is 17.2 Å².